The van der Waals surface area contributed by atoms with Crippen LogP contribution in [0.3, 0.4) is 0 Å². The number of non-ortho nitro benzene ring substituents is 1. The molecule has 1 aromatic heterocycles. The van der Waals surface area contributed by atoms with E-state index in [-0.39, 0.29) is 44.9 Å². The number of nitro benzene ring substituents is 1. The number of hydrogen-bond donors (Lipinski definition) is 1. The monoisotopic (exact) mass is 529 g/mol. The second-order valence-corrected chi connectivity index (χ2v) is 9.53. The molecule has 14 heteroatoms. The summed E-state index contributed by atoms with van der Waals surface area (Å²) in [5.41, 5.74) is -0.868. The van der Waals surface area contributed by atoms with Crippen molar-refractivity contribution in [1.82, 2.24) is 9.88 Å². The van der Waals surface area contributed by atoms with Crippen molar-refractivity contribution in [2.24, 2.45) is 0 Å². The molecule has 1 aliphatic heterocycles. The SMILES string of the molecule is O=C(O)CCCN1C(=O)C(=Cc2cc([N+](=O)[O-])ccc2Sc2ccc(C(F)(F)F)cn2)SC1=S. The zero-order chi connectivity index (χ0) is 25.0. The predicted octanol–water partition coefficient (Wildman–Crippen LogP) is 5.23. The number of hydrogen-bond acceptors (Lipinski definition) is 8. The third-order valence-electron chi connectivity index (χ3n) is 4.41. The molecule has 0 saturated carbocycles. The Kier molecular flexibility index (Phi) is 7.94. The average Bonchev–Trinajstić information content (AvgIpc) is 3.01. The first-order valence-electron chi connectivity index (χ1n) is 9.42. The normalized spacial score (nSPS) is 15.3. The minimum absolute atomic E-state index is 0.111. The molecule has 0 unspecified atom stereocenters. The van der Waals surface area contributed by atoms with Gasteiger partial charge in [0.2, 0.25) is 0 Å². The zero-order valence-corrected chi connectivity index (χ0v) is 19.4. The van der Waals surface area contributed by atoms with Crippen LogP contribution in [0.25, 0.3) is 6.08 Å². The molecule has 2 heterocycles. The molecule has 8 nitrogen and oxygen atoms in total. The molecule has 0 bridgehead atoms. The zero-order valence-electron chi connectivity index (χ0n) is 16.9. The summed E-state index contributed by atoms with van der Waals surface area (Å²) in [6.45, 7) is 0.111. The van der Waals surface area contributed by atoms with Crippen molar-refractivity contribution in [3.8, 4) is 0 Å². The number of thiocarbonyl (C=S) groups is 1. The van der Waals surface area contributed by atoms with Gasteiger partial charge >= 0.3 is 12.1 Å². The number of halogens is 3. The van der Waals surface area contributed by atoms with E-state index < -0.39 is 28.5 Å². The van der Waals surface area contributed by atoms with E-state index in [2.05, 4.69) is 4.98 Å². The van der Waals surface area contributed by atoms with Crippen molar-refractivity contribution in [1.29, 1.82) is 0 Å². The summed E-state index contributed by atoms with van der Waals surface area (Å²) in [6.07, 6.45) is -2.37. The van der Waals surface area contributed by atoms with Gasteiger partial charge in [0.05, 0.1) is 15.4 Å². The fourth-order valence-electron chi connectivity index (χ4n) is 2.80. The highest BCUT2D eigenvalue weighted by molar-refractivity contribution is 8.26. The van der Waals surface area contributed by atoms with Gasteiger partial charge in [0.15, 0.2) is 0 Å². The number of alkyl halides is 3. The van der Waals surface area contributed by atoms with Crippen LogP contribution >= 0.6 is 35.7 Å². The number of thioether (sulfide) groups is 1. The summed E-state index contributed by atoms with van der Waals surface area (Å²) in [5.74, 6) is -1.47. The summed E-state index contributed by atoms with van der Waals surface area (Å²) in [5, 5.41) is 20.2. The summed E-state index contributed by atoms with van der Waals surface area (Å²) in [4.78, 5) is 39.8. The minimum Gasteiger partial charge on any atom is -0.481 e. The lowest BCUT2D eigenvalue weighted by atomic mass is 10.2. The molecule has 0 atom stereocenters. The van der Waals surface area contributed by atoms with Crippen molar-refractivity contribution < 1.29 is 32.8 Å². The van der Waals surface area contributed by atoms with Crippen molar-refractivity contribution in [3.05, 3.63) is 62.7 Å². The molecule has 2 aromatic rings. The summed E-state index contributed by atoms with van der Waals surface area (Å²) >= 11 is 7.15. The molecule has 178 valence electrons. The molecule has 34 heavy (non-hydrogen) atoms. The fraction of sp³-hybridized carbons (Fsp3) is 0.200. The highest BCUT2D eigenvalue weighted by Crippen LogP contribution is 2.38. The number of carboxylic acids is 1. The van der Waals surface area contributed by atoms with Gasteiger partial charge in [-0.1, -0.05) is 35.7 Å². The summed E-state index contributed by atoms with van der Waals surface area (Å²) in [6, 6.07) is 5.95. The Labute approximate surface area is 204 Å². The molecule has 1 aromatic carbocycles. The molecule has 0 spiro atoms. The number of carbonyl (C=O) groups excluding carboxylic acids is 1. The first-order chi connectivity index (χ1) is 16.0. The van der Waals surface area contributed by atoms with Gasteiger partial charge in [0, 0.05) is 36.2 Å². The lowest BCUT2D eigenvalue weighted by Gasteiger charge is -2.13. The second-order valence-electron chi connectivity index (χ2n) is 6.79. The number of aliphatic carboxylic acids is 1. The number of pyridine rings is 1. The number of amides is 1. The van der Waals surface area contributed by atoms with Gasteiger partial charge in [-0.05, 0) is 36.3 Å². The van der Waals surface area contributed by atoms with E-state index in [1.54, 1.807) is 0 Å². The Balaban J connectivity index is 1.89. The maximum absolute atomic E-state index is 12.8. The van der Waals surface area contributed by atoms with Crippen molar-refractivity contribution in [2.45, 2.75) is 28.9 Å². The third kappa shape index (κ3) is 6.33. The second kappa shape index (κ2) is 10.5. The molecule has 1 amide bonds. The van der Waals surface area contributed by atoms with Crippen LogP contribution in [-0.4, -0.2) is 42.7 Å². The number of nitrogens with zero attached hydrogens (tertiary/aromatic N) is 3. The van der Waals surface area contributed by atoms with E-state index in [1.807, 2.05) is 0 Å². The van der Waals surface area contributed by atoms with Gasteiger partial charge in [-0.25, -0.2) is 4.98 Å². The molecular weight excluding hydrogens is 515 g/mol. The maximum atomic E-state index is 12.8. The van der Waals surface area contributed by atoms with E-state index in [1.165, 1.54) is 35.2 Å². The molecule has 1 fully saturated rings. The van der Waals surface area contributed by atoms with Crippen LogP contribution in [0.5, 0.6) is 0 Å². The lowest BCUT2D eigenvalue weighted by Crippen LogP contribution is -2.29. The highest BCUT2D eigenvalue weighted by Gasteiger charge is 2.32. The van der Waals surface area contributed by atoms with Crippen LogP contribution < -0.4 is 0 Å². The highest BCUT2D eigenvalue weighted by atomic mass is 32.2. The molecule has 1 N–H and O–H groups in total. The van der Waals surface area contributed by atoms with E-state index in [0.29, 0.717) is 11.1 Å². The van der Waals surface area contributed by atoms with Crippen LogP contribution in [0.4, 0.5) is 18.9 Å². The number of carboxylic acid groups (broad SMARTS) is 1. The number of benzene rings is 1. The van der Waals surface area contributed by atoms with E-state index in [4.69, 9.17) is 17.3 Å². The molecule has 3 rings (SSSR count). The smallest absolute Gasteiger partial charge is 0.417 e. The number of nitro groups is 1. The van der Waals surface area contributed by atoms with E-state index in [9.17, 15) is 32.9 Å². The number of rotatable bonds is 8. The summed E-state index contributed by atoms with van der Waals surface area (Å²) < 4.78 is 38.6. The van der Waals surface area contributed by atoms with Crippen LogP contribution in [0, 0.1) is 10.1 Å². The van der Waals surface area contributed by atoms with Crippen LogP contribution in [0.2, 0.25) is 0 Å². The van der Waals surface area contributed by atoms with Gasteiger partial charge < -0.3 is 5.11 Å². The Morgan fingerprint density at radius 3 is 2.65 bits per heavy atom. The van der Waals surface area contributed by atoms with Crippen molar-refractivity contribution in [3.63, 3.8) is 0 Å². The van der Waals surface area contributed by atoms with Crippen LogP contribution in [-0.2, 0) is 15.8 Å². The van der Waals surface area contributed by atoms with Gasteiger partial charge in [0.1, 0.15) is 9.35 Å². The minimum atomic E-state index is -4.53. The van der Waals surface area contributed by atoms with Gasteiger partial charge in [-0.2, -0.15) is 13.2 Å². The summed E-state index contributed by atoms with van der Waals surface area (Å²) in [7, 11) is 0. The largest absolute Gasteiger partial charge is 0.481 e. The van der Waals surface area contributed by atoms with Gasteiger partial charge in [-0.3, -0.25) is 24.6 Å². The average molecular weight is 530 g/mol. The number of carbonyl (C=O) groups is 2. The first kappa shape index (κ1) is 25.6. The Hall–Kier alpha value is -2.97. The fourth-order valence-corrected chi connectivity index (χ4v) is 4.94. The number of aromatic nitrogens is 1. The third-order valence-corrected chi connectivity index (χ3v) is 6.84. The first-order valence-corrected chi connectivity index (χ1v) is 11.5. The Bertz CT molecular complexity index is 1190. The quantitative estimate of drug-likeness (QED) is 0.213. The molecule has 1 saturated heterocycles. The van der Waals surface area contributed by atoms with Gasteiger partial charge in [-0.15, -0.1) is 0 Å². The Morgan fingerprint density at radius 1 is 1.32 bits per heavy atom. The molecule has 1 aliphatic rings. The van der Waals surface area contributed by atoms with Crippen molar-refractivity contribution in [2.75, 3.05) is 6.54 Å². The molecule has 0 aliphatic carbocycles. The standard InChI is InChI=1S/C20H14F3N3O5S3/c21-20(22,23)12-3-6-16(24-10-12)33-14-5-4-13(26(30)31)8-11(14)9-15-18(29)25(19(32)34-15)7-1-2-17(27)28/h3-6,8-10H,1-2,7H2,(H,27,28). The van der Waals surface area contributed by atoms with Gasteiger partial charge in [0.25, 0.3) is 11.6 Å². The maximum Gasteiger partial charge on any atom is 0.417 e. The molecule has 0 radical (unpaired) electrons. The lowest BCUT2D eigenvalue weighted by molar-refractivity contribution is -0.384. The van der Waals surface area contributed by atoms with Crippen molar-refractivity contribution >= 4 is 63.7 Å². The van der Waals surface area contributed by atoms with E-state index >= 15 is 0 Å². The molecular formula is C20H14F3N3O5S3. The predicted molar refractivity (Wildman–Crippen MR) is 123 cm³/mol. The Morgan fingerprint density at radius 2 is 2.06 bits per heavy atom. The van der Waals surface area contributed by atoms with Crippen LogP contribution in [0.15, 0.2) is 51.4 Å². The van der Waals surface area contributed by atoms with Crippen LogP contribution in [0.1, 0.15) is 24.0 Å². The topological polar surface area (TPSA) is 114 Å². The van der Waals surface area contributed by atoms with E-state index in [0.717, 1.165) is 29.6 Å².